The van der Waals surface area contributed by atoms with Gasteiger partial charge in [0.15, 0.2) is 0 Å². The van der Waals surface area contributed by atoms with E-state index in [0.29, 0.717) is 6.42 Å². The third-order valence-corrected chi connectivity index (χ3v) is 4.96. The van der Waals surface area contributed by atoms with Crippen LogP contribution < -0.4 is 0 Å². The van der Waals surface area contributed by atoms with Crippen LogP contribution in [0.25, 0.3) is 22.3 Å². The Morgan fingerprint density at radius 2 is 1.21 bits per heavy atom. The lowest BCUT2D eigenvalue weighted by Crippen LogP contribution is -2.05. The molecule has 0 aliphatic heterocycles. The largest absolute Gasteiger partial charge is 0.229 e. The van der Waals surface area contributed by atoms with E-state index in [1.807, 2.05) is 30.3 Å². The Labute approximate surface area is 143 Å². The van der Waals surface area contributed by atoms with Gasteiger partial charge in [-0.25, -0.2) is 8.42 Å². The Balaban J connectivity index is 1.82. The zero-order valence-electron chi connectivity index (χ0n) is 13.6. The van der Waals surface area contributed by atoms with E-state index in [4.69, 9.17) is 0 Å². The lowest BCUT2D eigenvalue weighted by Gasteiger charge is -2.07. The van der Waals surface area contributed by atoms with Crippen molar-refractivity contribution in [3.05, 3.63) is 84.4 Å². The predicted octanol–water partition coefficient (Wildman–Crippen LogP) is 4.61. The molecule has 0 radical (unpaired) electrons. The van der Waals surface area contributed by atoms with Crippen LogP contribution in [0, 0.1) is 0 Å². The van der Waals surface area contributed by atoms with Gasteiger partial charge in [-0.15, -0.1) is 0 Å². The van der Waals surface area contributed by atoms with Crippen LogP contribution in [0.3, 0.4) is 0 Å². The summed E-state index contributed by atoms with van der Waals surface area (Å²) in [6.07, 6.45) is 1.83. The molecule has 3 rings (SSSR count). The molecule has 3 aromatic rings. The molecule has 3 aromatic carbocycles. The average Bonchev–Trinajstić information content (AvgIpc) is 2.61. The first-order chi connectivity index (χ1) is 11.5. The second-order valence-electron chi connectivity index (χ2n) is 6.02. The van der Waals surface area contributed by atoms with E-state index in [2.05, 4.69) is 48.5 Å². The number of rotatable bonds is 5. The molecule has 0 amide bonds. The first kappa shape index (κ1) is 16.5. The summed E-state index contributed by atoms with van der Waals surface area (Å²) in [7, 11) is -2.92. The Morgan fingerprint density at radius 3 is 1.79 bits per heavy atom. The second kappa shape index (κ2) is 7.02. The zero-order valence-corrected chi connectivity index (χ0v) is 14.5. The lowest BCUT2D eigenvalue weighted by atomic mass is 9.98. The Morgan fingerprint density at radius 1 is 0.667 bits per heavy atom. The molecule has 2 nitrogen and oxygen atoms in total. The molecule has 24 heavy (non-hydrogen) atoms. The maximum atomic E-state index is 11.3. The summed E-state index contributed by atoms with van der Waals surface area (Å²) in [6.45, 7) is 0. The summed E-state index contributed by atoms with van der Waals surface area (Å²) in [5, 5.41) is 0. The Bertz CT molecular complexity index is 912. The molecule has 0 aromatic heterocycles. The van der Waals surface area contributed by atoms with E-state index in [9.17, 15) is 8.42 Å². The van der Waals surface area contributed by atoms with E-state index in [1.165, 1.54) is 17.4 Å². The molecule has 0 spiro atoms. The molecule has 0 unspecified atom stereocenters. The van der Waals surface area contributed by atoms with Crippen LogP contribution >= 0.6 is 0 Å². The first-order valence-corrected chi connectivity index (χ1v) is 10.00. The third kappa shape index (κ3) is 4.33. The van der Waals surface area contributed by atoms with Crippen LogP contribution in [-0.4, -0.2) is 20.4 Å². The topological polar surface area (TPSA) is 34.1 Å². The van der Waals surface area contributed by atoms with Crippen molar-refractivity contribution >= 4 is 9.84 Å². The van der Waals surface area contributed by atoms with Crippen molar-refractivity contribution in [1.82, 2.24) is 0 Å². The van der Waals surface area contributed by atoms with Gasteiger partial charge in [-0.05, 0) is 40.3 Å². The molecule has 0 heterocycles. The summed E-state index contributed by atoms with van der Waals surface area (Å²) in [4.78, 5) is 0. The van der Waals surface area contributed by atoms with Crippen molar-refractivity contribution in [1.29, 1.82) is 0 Å². The van der Waals surface area contributed by atoms with Crippen LogP contribution in [0.4, 0.5) is 0 Å². The van der Waals surface area contributed by atoms with Crippen LogP contribution in [0.5, 0.6) is 0 Å². The van der Waals surface area contributed by atoms with Crippen molar-refractivity contribution in [2.24, 2.45) is 0 Å². The maximum absolute atomic E-state index is 11.3. The quantitative estimate of drug-likeness (QED) is 0.682. The monoisotopic (exact) mass is 336 g/mol. The number of hydrogen-bond acceptors (Lipinski definition) is 2. The maximum Gasteiger partial charge on any atom is 0.147 e. The molecule has 0 bridgehead atoms. The fraction of sp³-hybridized carbons (Fsp3) is 0.143. The summed E-state index contributed by atoms with van der Waals surface area (Å²) >= 11 is 0. The number of aryl methyl sites for hydroxylation is 1. The van der Waals surface area contributed by atoms with Crippen molar-refractivity contribution in [2.45, 2.75) is 6.42 Å². The zero-order chi connectivity index (χ0) is 17.0. The molecule has 0 saturated carbocycles. The van der Waals surface area contributed by atoms with Crippen molar-refractivity contribution < 1.29 is 8.42 Å². The van der Waals surface area contributed by atoms with Crippen molar-refractivity contribution in [2.75, 3.05) is 12.0 Å². The first-order valence-electron chi connectivity index (χ1n) is 7.94. The molecule has 0 N–H and O–H groups in total. The van der Waals surface area contributed by atoms with Gasteiger partial charge in [0, 0.05) is 6.26 Å². The standard InChI is InChI=1S/C21H20O2S/c1-24(22,23)15-14-17-10-12-19(13-11-17)21-9-5-8-20(16-21)18-6-3-2-4-7-18/h2-13,16H,14-15H2,1H3. The predicted molar refractivity (Wildman–Crippen MR) is 101 cm³/mol. The van der Waals surface area contributed by atoms with E-state index in [1.54, 1.807) is 0 Å². The van der Waals surface area contributed by atoms with Crippen molar-refractivity contribution in [3.8, 4) is 22.3 Å². The van der Waals surface area contributed by atoms with E-state index < -0.39 is 9.84 Å². The summed E-state index contributed by atoms with van der Waals surface area (Å²) in [6, 6.07) is 26.9. The number of sulfone groups is 1. The van der Waals surface area contributed by atoms with Gasteiger partial charge in [-0.1, -0.05) is 72.8 Å². The van der Waals surface area contributed by atoms with Crippen LogP contribution in [-0.2, 0) is 16.3 Å². The summed E-state index contributed by atoms with van der Waals surface area (Å²) < 4.78 is 22.5. The minimum Gasteiger partial charge on any atom is -0.229 e. The molecule has 0 atom stereocenters. The lowest BCUT2D eigenvalue weighted by molar-refractivity contribution is 0.601. The molecule has 122 valence electrons. The molecular formula is C21H20O2S. The SMILES string of the molecule is CS(=O)(=O)CCc1ccc(-c2cccc(-c3ccccc3)c2)cc1. The molecule has 3 heteroatoms. The van der Waals surface area contributed by atoms with E-state index >= 15 is 0 Å². The molecule has 0 saturated heterocycles. The van der Waals surface area contributed by atoms with Gasteiger partial charge in [0.25, 0.3) is 0 Å². The Kier molecular flexibility index (Phi) is 4.81. The molecular weight excluding hydrogens is 316 g/mol. The number of hydrogen-bond donors (Lipinski definition) is 0. The van der Waals surface area contributed by atoms with Gasteiger partial charge in [0.2, 0.25) is 0 Å². The highest BCUT2D eigenvalue weighted by Gasteiger charge is 2.05. The summed E-state index contributed by atoms with van der Waals surface area (Å²) in [5.41, 5.74) is 5.73. The van der Waals surface area contributed by atoms with Gasteiger partial charge in [-0.2, -0.15) is 0 Å². The highest BCUT2D eigenvalue weighted by Crippen LogP contribution is 2.26. The molecule has 0 aliphatic carbocycles. The highest BCUT2D eigenvalue weighted by molar-refractivity contribution is 7.90. The van der Waals surface area contributed by atoms with Gasteiger partial charge >= 0.3 is 0 Å². The summed E-state index contributed by atoms with van der Waals surface area (Å²) in [5.74, 6) is 0.190. The van der Waals surface area contributed by atoms with E-state index in [0.717, 1.165) is 16.7 Å². The Hall–Kier alpha value is -2.39. The average molecular weight is 336 g/mol. The van der Waals surface area contributed by atoms with Gasteiger partial charge in [0.05, 0.1) is 5.75 Å². The van der Waals surface area contributed by atoms with Crippen LogP contribution in [0.2, 0.25) is 0 Å². The normalized spacial score (nSPS) is 11.4. The van der Waals surface area contributed by atoms with Crippen molar-refractivity contribution in [3.63, 3.8) is 0 Å². The van der Waals surface area contributed by atoms with Crippen LogP contribution in [0.1, 0.15) is 5.56 Å². The molecule has 0 fully saturated rings. The minimum absolute atomic E-state index is 0.190. The number of benzene rings is 3. The fourth-order valence-corrected chi connectivity index (χ4v) is 3.28. The van der Waals surface area contributed by atoms with Gasteiger partial charge in [-0.3, -0.25) is 0 Å². The van der Waals surface area contributed by atoms with Crippen LogP contribution in [0.15, 0.2) is 78.9 Å². The fourth-order valence-electron chi connectivity index (χ4n) is 2.68. The van der Waals surface area contributed by atoms with Gasteiger partial charge in [0.1, 0.15) is 9.84 Å². The highest BCUT2D eigenvalue weighted by atomic mass is 32.2. The third-order valence-electron chi connectivity index (χ3n) is 4.02. The molecule has 0 aliphatic rings. The second-order valence-corrected chi connectivity index (χ2v) is 8.28. The minimum atomic E-state index is -2.92. The van der Waals surface area contributed by atoms with Gasteiger partial charge < -0.3 is 0 Å². The van der Waals surface area contributed by atoms with E-state index in [-0.39, 0.29) is 5.75 Å². The smallest absolute Gasteiger partial charge is 0.147 e.